The van der Waals surface area contributed by atoms with Crippen LogP contribution in [0.1, 0.15) is 62.8 Å². The second kappa shape index (κ2) is 21.9. The first-order chi connectivity index (χ1) is 35.9. The van der Waals surface area contributed by atoms with E-state index in [2.05, 4.69) is 58.6 Å². The van der Waals surface area contributed by atoms with Crippen LogP contribution in [0.5, 0.6) is 5.75 Å². The lowest BCUT2D eigenvalue weighted by Gasteiger charge is -2.47. The zero-order valence-corrected chi connectivity index (χ0v) is 42.0. The zero-order valence-electron chi connectivity index (χ0n) is 42.0. The molecule has 4 N–H and O–H groups in total. The fraction of sp³-hybridized carbons (Fsp3) is 0.472. The summed E-state index contributed by atoms with van der Waals surface area (Å²) < 4.78 is 38.6. The van der Waals surface area contributed by atoms with E-state index in [4.69, 9.17) is 9.72 Å². The average Bonchev–Trinajstić information content (AvgIpc) is 3.98. The molecule has 6 aromatic rings. The summed E-state index contributed by atoms with van der Waals surface area (Å²) in [6.07, 6.45) is 6.59. The molecule has 390 valence electrons. The molecule has 3 amide bonds. The minimum Gasteiger partial charge on any atom is -0.492 e. The number of hydrogen-bond donors (Lipinski definition) is 4. The summed E-state index contributed by atoms with van der Waals surface area (Å²) in [4.78, 5) is 43.8. The predicted octanol–water partition coefficient (Wildman–Crippen LogP) is 4.83. The molecular weight excluding hydrogens is 951 g/mol. The van der Waals surface area contributed by atoms with Crippen LogP contribution >= 0.6 is 0 Å². The van der Waals surface area contributed by atoms with Gasteiger partial charge in [-0.2, -0.15) is 15.5 Å². The van der Waals surface area contributed by atoms with Crippen molar-refractivity contribution in [2.75, 3.05) is 106 Å². The molecule has 2 atom stereocenters. The maximum Gasteiger partial charge on any atom is 0.325 e. The summed E-state index contributed by atoms with van der Waals surface area (Å²) >= 11 is 0. The summed E-state index contributed by atoms with van der Waals surface area (Å²) in [6.45, 7) is 11.4. The van der Waals surface area contributed by atoms with E-state index in [-0.39, 0.29) is 17.5 Å². The number of aliphatic hydroxyl groups is 2. The Labute approximate surface area is 428 Å². The van der Waals surface area contributed by atoms with Crippen molar-refractivity contribution >= 4 is 45.7 Å². The van der Waals surface area contributed by atoms with Crippen LogP contribution < -0.4 is 30.1 Å². The van der Waals surface area contributed by atoms with Gasteiger partial charge in [0.1, 0.15) is 41.7 Å². The maximum atomic E-state index is 15.0. The third-order valence-corrected chi connectivity index (χ3v) is 15.2. The van der Waals surface area contributed by atoms with Gasteiger partial charge in [-0.1, -0.05) is 0 Å². The third-order valence-electron chi connectivity index (χ3n) is 15.2. The highest BCUT2D eigenvalue weighted by molar-refractivity contribution is 6.02. The van der Waals surface area contributed by atoms with E-state index >= 15 is 0 Å². The number of amides is 3. The number of carbonyl (C=O) groups excluding carboxylic acids is 2. The van der Waals surface area contributed by atoms with Gasteiger partial charge in [-0.05, 0) is 93.7 Å². The number of hydrogen-bond acceptors (Lipinski definition) is 14. The Hall–Kier alpha value is -6.96. The van der Waals surface area contributed by atoms with Gasteiger partial charge in [0.2, 0.25) is 5.91 Å². The summed E-state index contributed by atoms with van der Waals surface area (Å²) in [5.41, 5.74) is 3.93. The van der Waals surface area contributed by atoms with Gasteiger partial charge < -0.3 is 35.0 Å². The van der Waals surface area contributed by atoms with Crippen LogP contribution in [-0.4, -0.2) is 165 Å². The molecule has 19 nitrogen and oxygen atoms in total. The Morgan fingerprint density at radius 1 is 0.946 bits per heavy atom. The number of rotatable bonds is 16. The monoisotopic (exact) mass is 1010 g/mol. The van der Waals surface area contributed by atoms with E-state index in [1.54, 1.807) is 26.5 Å². The minimum absolute atomic E-state index is 0.147. The van der Waals surface area contributed by atoms with Crippen molar-refractivity contribution in [3.63, 3.8) is 0 Å². The smallest absolute Gasteiger partial charge is 0.325 e. The number of nitrogens with zero attached hydrogens (tertiary/aromatic N) is 12. The molecule has 74 heavy (non-hydrogen) atoms. The number of halogens is 2. The molecule has 4 aliphatic heterocycles. The zero-order chi connectivity index (χ0) is 51.5. The Morgan fingerprint density at radius 3 is 2.46 bits per heavy atom. The number of piperidine rings is 1. The molecule has 4 aromatic heterocycles. The number of anilines is 3. The van der Waals surface area contributed by atoms with E-state index < -0.39 is 29.6 Å². The largest absolute Gasteiger partial charge is 0.492 e. The summed E-state index contributed by atoms with van der Waals surface area (Å²) in [6, 6.07) is 17.0. The Morgan fingerprint density at radius 2 is 1.73 bits per heavy atom. The summed E-state index contributed by atoms with van der Waals surface area (Å²) in [5, 5.41) is 46.9. The van der Waals surface area contributed by atoms with Gasteiger partial charge in [-0.25, -0.2) is 23.1 Å². The SMILES string of the molecule is CCOc1cc(-c2ccc(N3CCC(CN4CCN(C(=O)CCCCN5CCN(c6ccc7c(N8CCC(O)NC8=O)nn(C)c7c6)CC5)CC4)(NC(O)c4cc(F)ccc4F)CC3)nc2)c2c(C#N)cnn2c1. The number of benzene rings is 2. The number of nitrogens with one attached hydrogen (secondary N) is 2. The van der Waals surface area contributed by atoms with Gasteiger partial charge in [0.15, 0.2) is 5.82 Å². The fourth-order valence-electron chi connectivity index (χ4n) is 11.0. The number of fused-ring (bicyclic) bond motifs is 2. The second-order valence-electron chi connectivity index (χ2n) is 19.9. The summed E-state index contributed by atoms with van der Waals surface area (Å²) in [5.74, 6) is 0.803. The number of unbranched alkanes of at least 4 members (excludes halogenated alkanes) is 1. The van der Waals surface area contributed by atoms with Gasteiger partial charge in [-0.15, -0.1) is 0 Å². The third kappa shape index (κ3) is 10.8. The second-order valence-corrected chi connectivity index (χ2v) is 19.9. The standard InChI is InChI=1S/C53H64F2N14O5/c1-3-74-40-30-42(49-37(31-56)33-58-69(49)34-40)36-7-12-46(57-32-36)66-18-14-53(15-19-66,60-51(72)43-28-38(54)8-11-44(43)55)35-64-22-26-67(27-23-64)48(71)6-4-5-16-63-20-24-65(25-21-63)39-9-10-41-45(29-39)62(2)61-50(41)68-17-13-47(70)59-52(68)73/h7-12,28-30,32-34,47,51,60,70,72H,3-6,13-27,35H2,1-2H3,(H,59,73). The van der Waals surface area contributed by atoms with Gasteiger partial charge in [0.25, 0.3) is 0 Å². The van der Waals surface area contributed by atoms with E-state index in [1.165, 1.54) is 6.20 Å². The van der Waals surface area contributed by atoms with E-state index in [9.17, 15) is 33.8 Å². The molecule has 0 aliphatic carbocycles. The van der Waals surface area contributed by atoms with E-state index in [1.807, 2.05) is 43.1 Å². The predicted molar refractivity (Wildman–Crippen MR) is 276 cm³/mol. The minimum atomic E-state index is -1.45. The molecule has 4 fully saturated rings. The fourth-order valence-corrected chi connectivity index (χ4v) is 11.0. The number of ether oxygens (including phenoxy) is 1. The van der Waals surface area contributed by atoms with Crippen LogP contribution in [0.2, 0.25) is 0 Å². The molecule has 4 saturated heterocycles. The van der Waals surface area contributed by atoms with Crippen LogP contribution in [0.25, 0.3) is 27.5 Å². The first-order valence-electron chi connectivity index (χ1n) is 25.7. The van der Waals surface area contributed by atoms with E-state index in [0.717, 1.165) is 97.3 Å². The number of aromatic nitrogens is 5. The van der Waals surface area contributed by atoms with Crippen molar-refractivity contribution in [3.05, 3.63) is 95.9 Å². The van der Waals surface area contributed by atoms with Crippen LogP contribution in [0, 0.1) is 23.0 Å². The number of carbonyl (C=O) groups is 2. The molecule has 21 heteroatoms. The molecule has 0 spiro atoms. The number of aryl methyl sites for hydroxylation is 1. The van der Waals surface area contributed by atoms with Gasteiger partial charge in [0.05, 0.1) is 35.6 Å². The van der Waals surface area contributed by atoms with Crippen LogP contribution in [-0.2, 0) is 11.8 Å². The molecule has 0 bridgehead atoms. The topological polar surface area (TPSA) is 199 Å². The number of nitriles is 1. The van der Waals surface area contributed by atoms with Gasteiger partial charge in [0, 0.05) is 138 Å². The lowest BCUT2D eigenvalue weighted by Crippen LogP contribution is -2.62. The first kappa shape index (κ1) is 50.6. The van der Waals surface area contributed by atoms with Crippen molar-refractivity contribution in [3.8, 4) is 22.9 Å². The van der Waals surface area contributed by atoms with Crippen molar-refractivity contribution in [1.29, 1.82) is 5.26 Å². The van der Waals surface area contributed by atoms with Crippen molar-refractivity contribution in [2.24, 2.45) is 7.05 Å². The highest BCUT2D eigenvalue weighted by atomic mass is 19.1. The molecule has 2 unspecified atom stereocenters. The van der Waals surface area contributed by atoms with E-state index in [0.29, 0.717) is 107 Å². The Bertz CT molecular complexity index is 3010. The quantitative estimate of drug-likeness (QED) is 0.0760. The highest BCUT2D eigenvalue weighted by Crippen LogP contribution is 2.35. The molecule has 2 aromatic carbocycles. The van der Waals surface area contributed by atoms with Crippen molar-refractivity contribution in [1.82, 2.24) is 49.7 Å². The lowest BCUT2D eigenvalue weighted by molar-refractivity contribution is -0.133. The van der Waals surface area contributed by atoms with Gasteiger partial charge in [-0.3, -0.25) is 29.5 Å². The molecule has 0 saturated carbocycles. The van der Waals surface area contributed by atoms with Crippen molar-refractivity contribution < 1.29 is 33.3 Å². The molecule has 10 rings (SSSR count). The Kier molecular flexibility index (Phi) is 14.9. The maximum absolute atomic E-state index is 15.0. The average molecular weight is 1020 g/mol. The lowest BCUT2D eigenvalue weighted by atomic mass is 9.85. The first-order valence-corrected chi connectivity index (χ1v) is 25.7. The number of pyridine rings is 2. The molecule has 4 aliphatic rings. The van der Waals surface area contributed by atoms with Crippen LogP contribution in [0.3, 0.4) is 0 Å². The molecule has 0 radical (unpaired) electrons. The number of aliphatic hydroxyl groups excluding tert-OH is 2. The number of piperazine rings is 2. The summed E-state index contributed by atoms with van der Waals surface area (Å²) in [7, 11) is 1.88. The van der Waals surface area contributed by atoms with Crippen molar-refractivity contribution in [2.45, 2.75) is 63.4 Å². The Balaban J connectivity index is 0.704. The molecule has 8 heterocycles. The van der Waals surface area contributed by atoms with Crippen LogP contribution in [0.4, 0.5) is 30.9 Å². The van der Waals surface area contributed by atoms with Crippen LogP contribution in [0.15, 0.2) is 73.2 Å². The normalized spacial score (nSPS) is 19.3. The number of urea groups is 1. The molecular formula is C53H64F2N14O5. The van der Waals surface area contributed by atoms with Gasteiger partial charge >= 0.3 is 6.03 Å². The highest BCUT2D eigenvalue weighted by Gasteiger charge is 2.40.